The van der Waals surface area contributed by atoms with Crippen molar-refractivity contribution >= 4 is 10.0 Å². The van der Waals surface area contributed by atoms with Crippen LogP contribution < -0.4 is 0 Å². The number of aliphatic hydroxyl groups excluding tert-OH is 1. The van der Waals surface area contributed by atoms with Crippen molar-refractivity contribution in [1.29, 1.82) is 0 Å². The highest BCUT2D eigenvalue weighted by molar-refractivity contribution is 7.89. The fourth-order valence-corrected chi connectivity index (χ4v) is 4.09. The molecule has 0 bridgehead atoms. The molecule has 1 heterocycles. The molecule has 4 nitrogen and oxygen atoms in total. The Morgan fingerprint density at radius 2 is 2.06 bits per heavy atom. The van der Waals surface area contributed by atoms with Gasteiger partial charge in [0.05, 0.1) is 11.5 Å². The van der Waals surface area contributed by atoms with E-state index in [0.717, 1.165) is 24.0 Å². The summed E-state index contributed by atoms with van der Waals surface area (Å²) in [5.41, 5.74) is 2.05. The van der Waals surface area contributed by atoms with Gasteiger partial charge in [0.25, 0.3) is 0 Å². The van der Waals surface area contributed by atoms with Crippen molar-refractivity contribution in [3.8, 4) is 0 Å². The minimum Gasteiger partial charge on any atom is -0.395 e. The molecule has 1 saturated heterocycles. The predicted molar refractivity (Wildman–Crippen MR) is 69.9 cm³/mol. The Balaban J connectivity index is 2.38. The van der Waals surface area contributed by atoms with Gasteiger partial charge >= 0.3 is 0 Å². The molecular formula is C13H19NO3S. The van der Waals surface area contributed by atoms with E-state index in [1.165, 1.54) is 4.31 Å². The molecule has 0 aromatic heterocycles. The summed E-state index contributed by atoms with van der Waals surface area (Å²) in [6.07, 6.45) is 1.55. The van der Waals surface area contributed by atoms with Gasteiger partial charge in [0.2, 0.25) is 10.0 Å². The van der Waals surface area contributed by atoms with Crippen molar-refractivity contribution in [2.45, 2.75) is 37.6 Å². The Morgan fingerprint density at radius 1 is 1.33 bits per heavy atom. The number of aryl methyl sites for hydroxylation is 2. The number of nitrogens with zero attached hydrogens (tertiary/aromatic N) is 1. The molecule has 1 fully saturated rings. The molecule has 18 heavy (non-hydrogen) atoms. The van der Waals surface area contributed by atoms with E-state index in [-0.39, 0.29) is 12.6 Å². The summed E-state index contributed by atoms with van der Waals surface area (Å²) in [4.78, 5) is 0.325. The first kappa shape index (κ1) is 13.5. The van der Waals surface area contributed by atoms with Crippen LogP contribution >= 0.6 is 0 Å². The lowest BCUT2D eigenvalue weighted by atomic mass is 10.1. The van der Waals surface area contributed by atoms with Gasteiger partial charge in [-0.1, -0.05) is 6.07 Å². The van der Waals surface area contributed by atoms with E-state index in [1.807, 2.05) is 19.9 Å². The van der Waals surface area contributed by atoms with Crippen LogP contribution in [0.2, 0.25) is 0 Å². The highest BCUT2D eigenvalue weighted by Gasteiger charge is 2.34. The summed E-state index contributed by atoms with van der Waals surface area (Å²) in [5.74, 6) is 0. The van der Waals surface area contributed by atoms with Gasteiger partial charge in [0.1, 0.15) is 0 Å². The largest absolute Gasteiger partial charge is 0.395 e. The van der Waals surface area contributed by atoms with Gasteiger partial charge in [0, 0.05) is 12.6 Å². The lowest BCUT2D eigenvalue weighted by Gasteiger charge is -2.22. The Bertz CT molecular complexity index is 539. The third kappa shape index (κ3) is 2.30. The predicted octanol–water partition coefficient (Wildman–Crippen LogP) is 1.45. The molecule has 0 spiro atoms. The second-order valence-electron chi connectivity index (χ2n) is 4.84. The zero-order valence-electron chi connectivity index (χ0n) is 10.8. The quantitative estimate of drug-likeness (QED) is 0.903. The zero-order chi connectivity index (χ0) is 13.3. The van der Waals surface area contributed by atoms with E-state index in [1.54, 1.807) is 12.1 Å². The monoisotopic (exact) mass is 269 g/mol. The Morgan fingerprint density at radius 3 is 2.67 bits per heavy atom. The smallest absolute Gasteiger partial charge is 0.243 e. The Hall–Kier alpha value is -0.910. The standard InChI is InChI=1S/C13H19NO3S/c1-10-5-6-13(8-11(10)2)18(16,17)14-7-3-4-12(14)9-15/h5-6,8,12,15H,3-4,7,9H2,1-2H3/t12-/m0/s1. The van der Waals surface area contributed by atoms with Crippen molar-refractivity contribution in [3.63, 3.8) is 0 Å². The lowest BCUT2D eigenvalue weighted by Crippen LogP contribution is -2.37. The van der Waals surface area contributed by atoms with Gasteiger partial charge in [-0.3, -0.25) is 0 Å². The second kappa shape index (κ2) is 4.99. The maximum Gasteiger partial charge on any atom is 0.243 e. The van der Waals surface area contributed by atoms with Crippen LogP contribution in [-0.4, -0.2) is 37.0 Å². The molecule has 1 atom stereocenters. The van der Waals surface area contributed by atoms with Gasteiger partial charge in [-0.25, -0.2) is 8.42 Å². The molecule has 1 aromatic rings. The van der Waals surface area contributed by atoms with E-state index in [4.69, 9.17) is 0 Å². The summed E-state index contributed by atoms with van der Waals surface area (Å²) < 4.78 is 26.4. The minimum atomic E-state index is -3.47. The van der Waals surface area contributed by atoms with E-state index >= 15 is 0 Å². The highest BCUT2D eigenvalue weighted by Crippen LogP contribution is 2.26. The van der Waals surface area contributed by atoms with E-state index < -0.39 is 10.0 Å². The van der Waals surface area contributed by atoms with Gasteiger partial charge in [-0.2, -0.15) is 4.31 Å². The SMILES string of the molecule is Cc1ccc(S(=O)(=O)N2CCC[C@H]2CO)cc1C. The van der Waals surface area contributed by atoms with Crippen molar-refractivity contribution in [2.75, 3.05) is 13.2 Å². The topological polar surface area (TPSA) is 57.6 Å². The maximum absolute atomic E-state index is 12.5. The number of aliphatic hydroxyl groups is 1. The van der Waals surface area contributed by atoms with Crippen LogP contribution in [0.5, 0.6) is 0 Å². The number of sulfonamides is 1. The Kier molecular flexibility index (Phi) is 3.75. The van der Waals surface area contributed by atoms with E-state index in [2.05, 4.69) is 0 Å². The fraction of sp³-hybridized carbons (Fsp3) is 0.538. The maximum atomic E-state index is 12.5. The molecule has 0 radical (unpaired) electrons. The summed E-state index contributed by atoms with van der Waals surface area (Å²) >= 11 is 0. The molecule has 100 valence electrons. The third-order valence-electron chi connectivity index (χ3n) is 3.62. The number of hydrogen-bond acceptors (Lipinski definition) is 3. The van der Waals surface area contributed by atoms with Crippen LogP contribution in [0.25, 0.3) is 0 Å². The van der Waals surface area contributed by atoms with Crippen LogP contribution in [0.4, 0.5) is 0 Å². The number of benzene rings is 1. The van der Waals surface area contributed by atoms with Crippen LogP contribution in [0.3, 0.4) is 0 Å². The Labute approximate surface area is 108 Å². The van der Waals surface area contributed by atoms with Gasteiger partial charge in [0.15, 0.2) is 0 Å². The van der Waals surface area contributed by atoms with Crippen LogP contribution in [0.1, 0.15) is 24.0 Å². The van der Waals surface area contributed by atoms with Crippen LogP contribution in [0, 0.1) is 13.8 Å². The lowest BCUT2D eigenvalue weighted by molar-refractivity contribution is 0.213. The molecule has 1 aliphatic rings. The molecule has 0 saturated carbocycles. The first-order valence-electron chi connectivity index (χ1n) is 6.17. The number of rotatable bonds is 3. The summed E-state index contributed by atoms with van der Waals surface area (Å²) in [7, 11) is -3.47. The first-order chi connectivity index (χ1) is 8.46. The summed E-state index contributed by atoms with van der Waals surface area (Å²) in [5, 5.41) is 9.24. The summed E-state index contributed by atoms with van der Waals surface area (Å²) in [6, 6.07) is 4.91. The molecule has 0 amide bonds. The average Bonchev–Trinajstić information content (AvgIpc) is 2.81. The van der Waals surface area contributed by atoms with Crippen molar-refractivity contribution in [1.82, 2.24) is 4.31 Å². The second-order valence-corrected chi connectivity index (χ2v) is 6.73. The van der Waals surface area contributed by atoms with Crippen LogP contribution in [-0.2, 0) is 10.0 Å². The molecule has 1 N–H and O–H groups in total. The van der Waals surface area contributed by atoms with Crippen molar-refractivity contribution < 1.29 is 13.5 Å². The van der Waals surface area contributed by atoms with Crippen molar-refractivity contribution in [2.24, 2.45) is 0 Å². The van der Waals surface area contributed by atoms with Gasteiger partial charge < -0.3 is 5.11 Å². The molecule has 0 unspecified atom stereocenters. The average molecular weight is 269 g/mol. The zero-order valence-corrected chi connectivity index (χ0v) is 11.6. The van der Waals surface area contributed by atoms with Crippen LogP contribution in [0.15, 0.2) is 23.1 Å². The molecule has 2 rings (SSSR count). The van der Waals surface area contributed by atoms with E-state index in [9.17, 15) is 13.5 Å². The van der Waals surface area contributed by atoms with Crippen molar-refractivity contribution in [3.05, 3.63) is 29.3 Å². The first-order valence-corrected chi connectivity index (χ1v) is 7.61. The highest BCUT2D eigenvalue weighted by atomic mass is 32.2. The van der Waals surface area contributed by atoms with Gasteiger partial charge in [-0.05, 0) is 49.9 Å². The summed E-state index contributed by atoms with van der Waals surface area (Å²) in [6.45, 7) is 4.25. The molecule has 1 aromatic carbocycles. The molecular weight excluding hydrogens is 250 g/mol. The molecule has 5 heteroatoms. The normalized spacial score (nSPS) is 21.4. The number of hydrogen-bond donors (Lipinski definition) is 1. The molecule has 0 aliphatic carbocycles. The molecule has 1 aliphatic heterocycles. The third-order valence-corrected chi connectivity index (χ3v) is 5.57. The van der Waals surface area contributed by atoms with Gasteiger partial charge in [-0.15, -0.1) is 0 Å². The fourth-order valence-electron chi connectivity index (χ4n) is 2.32. The minimum absolute atomic E-state index is 0.107. The van der Waals surface area contributed by atoms with E-state index in [0.29, 0.717) is 11.4 Å².